The van der Waals surface area contributed by atoms with Crippen molar-refractivity contribution < 1.29 is 13.2 Å². The fraction of sp³-hybridized carbons (Fsp3) is 0.111. The molecular formula is C18H13F3N4. The highest BCUT2D eigenvalue weighted by atomic mass is 19.3. The first-order valence-corrected chi connectivity index (χ1v) is 7.64. The molecule has 4 nitrogen and oxygen atoms in total. The summed E-state index contributed by atoms with van der Waals surface area (Å²) in [7, 11) is 0. The summed E-state index contributed by atoms with van der Waals surface area (Å²) in [6, 6.07) is 9.44. The van der Waals surface area contributed by atoms with Gasteiger partial charge in [-0.3, -0.25) is 0 Å². The maximum Gasteiger partial charge on any atom is 0.256 e. The van der Waals surface area contributed by atoms with Crippen LogP contribution in [0.4, 0.5) is 13.2 Å². The van der Waals surface area contributed by atoms with Crippen molar-refractivity contribution in [2.24, 2.45) is 0 Å². The molecule has 4 rings (SSSR count). The molecule has 0 aliphatic rings. The smallest absolute Gasteiger partial charge is 0.256 e. The monoisotopic (exact) mass is 342 g/mol. The first kappa shape index (κ1) is 15.4. The Balaban J connectivity index is 1.90. The zero-order valence-corrected chi connectivity index (χ0v) is 13.0. The highest BCUT2D eigenvalue weighted by Crippen LogP contribution is 2.32. The van der Waals surface area contributed by atoms with Crippen molar-refractivity contribution in [3.05, 3.63) is 67.1 Å². The third-order valence-corrected chi connectivity index (χ3v) is 3.95. The Morgan fingerprint density at radius 2 is 1.72 bits per heavy atom. The van der Waals surface area contributed by atoms with Crippen LogP contribution in [0.1, 0.15) is 0 Å². The Morgan fingerprint density at radius 3 is 2.48 bits per heavy atom. The molecule has 0 aliphatic carbocycles. The average Bonchev–Trinajstić information content (AvgIpc) is 3.21. The van der Waals surface area contributed by atoms with Crippen LogP contribution >= 0.6 is 0 Å². The molecule has 0 saturated carbocycles. The third kappa shape index (κ3) is 2.88. The van der Waals surface area contributed by atoms with E-state index in [1.807, 2.05) is 22.7 Å². The van der Waals surface area contributed by atoms with E-state index in [0.717, 1.165) is 11.2 Å². The van der Waals surface area contributed by atoms with E-state index in [4.69, 9.17) is 0 Å². The lowest BCUT2D eigenvalue weighted by Crippen LogP contribution is -2.07. The maximum atomic E-state index is 13.2. The van der Waals surface area contributed by atoms with Gasteiger partial charge in [-0.25, -0.2) is 23.1 Å². The minimum Gasteiger partial charge on any atom is -0.324 e. The van der Waals surface area contributed by atoms with Crippen molar-refractivity contribution in [1.29, 1.82) is 0 Å². The molecule has 0 radical (unpaired) electrons. The number of aromatic nitrogens is 4. The van der Waals surface area contributed by atoms with Gasteiger partial charge in [0.1, 0.15) is 11.5 Å². The molecule has 0 unspecified atom stereocenters. The Hall–Kier alpha value is -3.09. The molecule has 126 valence electrons. The van der Waals surface area contributed by atoms with Crippen LogP contribution in [0.25, 0.3) is 28.2 Å². The van der Waals surface area contributed by atoms with Gasteiger partial charge in [0, 0.05) is 29.7 Å². The molecule has 0 fully saturated rings. The van der Waals surface area contributed by atoms with E-state index in [0.29, 0.717) is 17.0 Å². The number of fused-ring (bicyclic) bond motifs is 1. The van der Waals surface area contributed by atoms with Gasteiger partial charge in [0.25, 0.3) is 6.43 Å². The number of nitrogens with zero attached hydrogens (tertiary/aromatic N) is 4. The maximum absolute atomic E-state index is 13.2. The lowest BCUT2D eigenvalue weighted by molar-refractivity contribution is 0.127. The van der Waals surface area contributed by atoms with Gasteiger partial charge in [0.2, 0.25) is 0 Å². The van der Waals surface area contributed by atoms with Gasteiger partial charge in [0.05, 0.1) is 24.3 Å². The molecule has 0 N–H and O–H groups in total. The summed E-state index contributed by atoms with van der Waals surface area (Å²) in [6.07, 6.45) is 4.14. The second-order valence-corrected chi connectivity index (χ2v) is 5.60. The van der Waals surface area contributed by atoms with Gasteiger partial charge in [-0.15, -0.1) is 0 Å². The summed E-state index contributed by atoms with van der Waals surface area (Å²) in [5.41, 5.74) is 3.23. The van der Waals surface area contributed by atoms with Crippen LogP contribution in [0.5, 0.6) is 0 Å². The molecular weight excluding hydrogens is 329 g/mol. The van der Waals surface area contributed by atoms with Crippen LogP contribution in [-0.2, 0) is 6.54 Å². The Kier molecular flexibility index (Phi) is 3.76. The predicted molar refractivity (Wildman–Crippen MR) is 87.8 cm³/mol. The van der Waals surface area contributed by atoms with Crippen molar-refractivity contribution in [3.8, 4) is 22.5 Å². The molecule has 0 aliphatic heterocycles. The molecule has 0 atom stereocenters. The second kappa shape index (κ2) is 6.08. The molecule has 4 aromatic rings. The lowest BCUT2D eigenvalue weighted by atomic mass is 10.1. The van der Waals surface area contributed by atoms with Gasteiger partial charge in [-0.05, 0) is 36.4 Å². The molecule has 0 amide bonds. The van der Waals surface area contributed by atoms with E-state index in [2.05, 4.69) is 9.97 Å². The molecule has 0 saturated heterocycles. The number of hydrogen-bond donors (Lipinski definition) is 0. The van der Waals surface area contributed by atoms with E-state index in [-0.39, 0.29) is 5.82 Å². The van der Waals surface area contributed by atoms with Crippen molar-refractivity contribution in [2.45, 2.75) is 13.0 Å². The third-order valence-electron chi connectivity index (χ3n) is 3.95. The number of imidazole rings is 2. The van der Waals surface area contributed by atoms with Gasteiger partial charge in [-0.1, -0.05) is 0 Å². The number of halogens is 3. The average molecular weight is 342 g/mol. The van der Waals surface area contributed by atoms with Gasteiger partial charge >= 0.3 is 0 Å². The van der Waals surface area contributed by atoms with E-state index >= 15 is 0 Å². The largest absolute Gasteiger partial charge is 0.324 e. The van der Waals surface area contributed by atoms with Crippen molar-refractivity contribution in [3.63, 3.8) is 0 Å². The van der Waals surface area contributed by atoms with Crippen LogP contribution in [0.2, 0.25) is 0 Å². The lowest BCUT2D eigenvalue weighted by Gasteiger charge is -2.11. The fourth-order valence-electron chi connectivity index (χ4n) is 2.85. The summed E-state index contributed by atoms with van der Waals surface area (Å²) in [4.78, 5) is 8.48. The highest BCUT2D eigenvalue weighted by Gasteiger charge is 2.18. The molecule has 7 heteroatoms. The highest BCUT2D eigenvalue weighted by molar-refractivity contribution is 5.78. The Labute approximate surface area is 141 Å². The van der Waals surface area contributed by atoms with Crippen molar-refractivity contribution >= 4 is 5.65 Å². The molecule has 25 heavy (non-hydrogen) atoms. The second-order valence-electron chi connectivity index (χ2n) is 5.60. The van der Waals surface area contributed by atoms with Crippen LogP contribution < -0.4 is 0 Å². The van der Waals surface area contributed by atoms with E-state index in [1.54, 1.807) is 24.5 Å². The Bertz CT molecular complexity index is 1020. The van der Waals surface area contributed by atoms with Crippen LogP contribution in [0.15, 0.2) is 61.3 Å². The van der Waals surface area contributed by atoms with E-state index in [1.165, 1.54) is 23.0 Å². The number of benzene rings is 1. The normalized spacial score (nSPS) is 11.5. The molecule has 1 aromatic carbocycles. The van der Waals surface area contributed by atoms with Crippen LogP contribution in [0, 0.1) is 5.82 Å². The Morgan fingerprint density at radius 1 is 0.960 bits per heavy atom. The fourth-order valence-corrected chi connectivity index (χ4v) is 2.85. The molecule has 3 heterocycles. The summed E-state index contributed by atoms with van der Waals surface area (Å²) < 4.78 is 42.4. The summed E-state index contributed by atoms with van der Waals surface area (Å²) in [6.45, 7) is -0.467. The van der Waals surface area contributed by atoms with Crippen LogP contribution in [0.3, 0.4) is 0 Å². The summed E-state index contributed by atoms with van der Waals surface area (Å²) in [5, 5.41) is 0. The zero-order chi connectivity index (χ0) is 17.4. The van der Waals surface area contributed by atoms with Gasteiger partial charge < -0.3 is 8.97 Å². The number of hydrogen-bond acceptors (Lipinski definition) is 2. The summed E-state index contributed by atoms with van der Waals surface area (Å²) >= 11 is 0. The minimum atomic E-state index is -2.51. The topological polar surface area (TPSA) is 35.1 Å². The zero-order valence-electron chi connectivity index (χ0n) is 13.0. The minimum absolute atomic E-state index is 0.364. The van der Waals surface area contributed by atoms with Gasteiger partial charge in [0.15, 0.2) is 0 Å². The first-order chi connectivity index (χ1) is 12.1. The predicted octanol–water partition coefficient (Wildman–Crippen LogP) is 4.27. The number of rotatable bonds is 4. The van der Waals surface area contributed by atoms with Crippen molar-refractivity contribution in [1.82, 2.24) is 18.9 Å². The van der Waals surface area contributed by atoms with Crippen molar-refractivity contribution in [2.75, 3.05) is 0 Å². The number of pyridine rings is 1. The standard InChI is InChI=1S/C18H13F3N4/c19-14-4-1-12(2-5-14)17-18(25(11-23-17)10-15(20)21)13-3-6-16-22-7-8-24(16)9-13/h1-9,11,15H,10H2. The molecule has 0 spiro atoms. The quantitative estimate of drug-likeness (QED) is 0.555. The van der Waals surface area contributed by atoms with E-state index < -0.39 is 13.0 Å². The SMILES string of the molecule is Fc1ccc(-c2ncn(CC(F)F)c2-c2ccc3nccn3c2)cc1. The first-order valence-electron chi connectivity index (χ1n) is 7.64. The molecule has 3 aromatic heterocycles. The van der Waals surface area contributed by atoms with Crippen LogP contribution in [-0.4, -0.2) is 25.4 Å². The van der Waals surface area contributed by atoms with Gasteiger partial charge in [-0.2, -0.15) is 0 Å². The van der Waals surface area contributed by atoms with E-state index in [9.17, 15) is 13.2 Å². The number of alkyl halides is 2. The summed E-state index contributed by atoms with van der Waals surface area (Å²) in [5.74, 6) is -0.364. The molecule has 0 bridgehead atoms.